The van der Waals surface area contributed by atoms with Crippen LogP contribution in [-0.2, 0) is 0 Å². The Morgan fingerprint density at radius 2 is 2.17 bits per heavy atom. The third-order valence-electron chi connectivity index (χ3n) is 3.18. The molecule has 18 heavy (non-hydrogen) atoms. The topological polar surface area (TPSA) is 80.8 Å². The lowest BCUT2D eigenvalue weighted by Gasteiger charge is -2.16. The van der Waals surface area contributed by atoms with Crippen molar-refractivity contribution in [2.24, 2.45) is 0 Å². The van der Waals surface area contributed by atoms with Gasteiger partial charge in [-0.05, 0) is 12.5 Å². The number of anilines is 2. The summed E-state index contributed by atoms with van der Waals surface area (Å²) in [5.41, 5.74) is 6.62. The molecule has 3 rings (SSSR count). The van der Waals surface area contributed by atoms with Gasteiger partial charge in [0.25, 0.3) is 0 Å². The molecule has 1 aliphatic rings. The molecule has 1 atom stereocenters. The molecule has 0 aromatic carbocycles. The van der Waals surface area contributed by atoms with Crippen molar-refractivity contribution in [3.63, 3.8) is 0 Å². The van der Waals surface area contributed by atoms with Crippen molar-refractivity contribution < 1.29 is 0 Å². The molecule has 0 spiro atoms. The van der Waals surface area contributed by atoms with E-state index in [0.29, 0.717) is 11.9 Å². The van der Waals surface area contributed by atoms with Crippen LogP contribution in [0.3, 0.4) is 0 Å². The Hall–Kier alpha value is -2.24. The van der Waals surface area contributed by atoms with Crippen molar-refractivity contribution in [1.29, 1.82) is 0 Å². The Morgan fingerprint density at radius 1 is 1.22 bits per heavy atom. The SMILES string of the molecule is Nc1nccc([C@@H]2CCN(c3cnccn3)C2)n1. The lowest BCUT2D eigenvalue weighted by atomic mass is 10.1. The second kappa shape index (κ2) is 4.56. The molecule has 0 bridgehead atoms. The molecule has 92 valence electrons. The van der Waals surface area contributed by atoms with E-state index in [9.17, 15) is 0 Å². The van der Waals surface area contributed by atoms with Crippen molar-refractivity contribution >= 4 is 11.8 Å². The highest BCUT2D eigenvalue weighted by Crippen LogP contribution is 2.28. The number of aromatic nitrogens is 4. The zero-order valence-corrected chi connectivity index (χ0v) is 9.90. The van der Waals surface area contributed by atoms with Gasteiger partial charge in [-0.2, -0.15) is 0 Å². The maximum Gasteiger partial charge on any atom is 0.220 e. The van der Waals surface area contributed by atoms with Gasteiger partial charge in [0.1, 0.15) is 5.82 Å². The molecular weight excluding hydrogens is 228 g/mol. The van der Waals surface area contributed by atoms with Crippen molar-refractivity contribution in [3.8, 4) is 0 Å². The van der Waals surface area contributed by atoms with Gasteiger partial charge in [0, 0.05) is 37.6 Å². The minimum atomic E-state index is 0.338. The molecule has 0 saturated carbocycles. The van der Waals surface area contributed by atoms with Gasteiger partial charge >= 0.3 is 0 Å². The summed E-state index contributed by atoms with van der Waals surface area (Å²) in [4.78, 5) is 18.8. The average molecular weight is 242 g/mol. The van der Waals surface area contributed by atoms with Crippen molar-refractivity contribution in [2.75, 3.05) is 23.7 Å². The summed E-state index contributed by atoms with van der Waals surface area (Å²) in [6.45, 7) is 1.86. The van der Waals surface area contributed by atoms with Crippen LogP contribution in [0.25, 0.3) is 0 Å². The third kappa shape index (κ3) is 2.09. The Labute approximate surface area is 105 Å². The first-order valence-corrected chi connectivity index (χ1v) is 5.92. The second-order valence-corrected chi connectivity index (χ2v) is 4.33. The molecule has 6 heteroatoms. The zero-order valence-electron chi connectivity index (χ0n) is 9.90. The van der Waals surface area contributed by atoms with Crippen LogP contribution in [0.4, 0.5) is 11.8 Å². The summed E-state index contributed by atoms with van der Waals surface area (Å²) in [6, 6.07) is 1.93. The quantitative estimate of drug-likeness (QED) is 0.840. The number of hydrogen-bond donors (Lipinski definition) is 1. The van der Waals surface area contributed by atoms with Crippen LogP contribution in [-0.4, -0.2) is 33.0 Å². The van der Waals surface area contributed by atoms with Crippen LogP contribution in [0.15, 0.2) is 30.9 Å². The molecule has 0 unspecified atom stereocenters. The highest BCUT2D eigenvalue weighted by Gasteiger charge is 2.25. The van der Waals surface area contributed by atoms with E-state index in [1.165, 1.54) is 0 Å². The molecule has 0 aliphatic carbocycles. The average Bonchev–Trinajstić information content (AvgIpc) is 2.89. The van der Waals surface area contributed by atoms with Gasteiger partial charge in [-0.15, -0.1) is 0 Å². The summed E-state index contributed by atoms with van der Waals surface area (Å²) in [5.74, 6) is 1.64. The fourth-order valence-electron chi connectivity index (χ4n) is 2.28. The third-order valence-corrected chi connectivity index (χ3v) is 3.18. The molecule has 0 radical (unpaired) electrons. The molecule has 3 heterocycles. The standard InChI is InChI=1S/C12H14N6/c13-12-16-3-1-10(17-12)9-2-6-18(8-9)11-7-14-4-5-15-11/h1,3-5,7,9H,2,6,8H2,(H2,13,16,17)/t9-/m1/s1. The van der Waals surface area contributed by atoms with Crippen LogP contribution in [0, 0.1) is 0 Å². The van der Waals surface area contributed by atoms with E-state index in [4.69, 9.17) is 5.73 Å². The van der Waals surface area contributed by atoms with Gasteiger partial charge in [0.15, 0.2) is 0 Å². The number of nitrogens with two attached hydrogens (primary N) is 1. The second-order valence-electron chi connectivity index (χ2n) is 4.33. The van der Waals surface area contributed by atoms with Gasteiger partial charge in [-0.1, -0.05) is 0 Å². The van der Waals surface area contributed by atoms with Crippen LogP contribution in [0.2, 0.25) is 0 Å². The van der Waals surface area contributed by atoms with Gasteiger partial charge in [0.05, 0.1) is 11.9 Å². The fraction of sp³-hybridized carbons (Fsp3) is 0.333. The zero-order chi connectivity index (χ0) is 12.4. The van der Waals surface area contributed by atoms with Crippen LogP contribution >= 0.6 is 0 Å². The molecule has 2 aromatic rings. The van der Waals surface area contributed by atoms with Crippen molar-refractivity contribution in [3.05, 3.63) is 36.5 Å². The molecule has 1 aliphatic heterocycles. The molecule has 1 fully saturated rings. The monoisotopic (exact) mass is 242 g/mol. The normalized spacial score (nSPS) is 19.1. The highest BCUT2D eigenvalue weighted by molar-refractivity contribution is 5.38. The van der Waals surface area contributed by atoms with E-state index in [1.807, 2.05) is 6.07 Å². The molecule has 6 nitrogen and oxygen atoms in total. The van der Waals surface area contributed by atoms with Crippen LogP contribution in [0.1, 0.15) is 18.0 Å². The van der Waals surface area contributed by atoms with Gasteiger partial charge in [-0.25, -0.2) is 15.0 Å². The van der Waals surface area contributed by atoms with Crippen LogP contribution in [0.5, 0.6) is 0 Å². The first kappa shape index (κ1) is 10.9. The fourth-order valence-corrected chi connectivity index (χ4v) is 2.28. The molecule has 2 N–H and O–H groups in total. The summed E-state index contributed by atoms with van der Waals surface area (Å²) in [6.07, 6.45) is 7.94. The van der Waals surface area contributed by atoms with E-state index >= 15 is 0 Å². The minimum Gasteiger partial charge on any atom is -0.368 e. The van der Waals surface area contributed by atoms with E-state index in [-0.39, 0.29) is 0 Å². The van der Waals surface area contributed by atoms with Crippen LogP contribution < -0.4 is 10.6 Å². The van der Waals surface area contributed by atoms with Gasteiger partial charge in [0.2, 0.25) is 5.95 Å². The smallest absolute Gasteiger partial charge is 0.220 e. The van der Waals surface area contributed by atoms with Crippen molar-refractivity contribution in [1.82, 2.24) is 19.9 Å². The molecule has 1 saturated heterocycles. The minimum absolute atomic E-state index is 0.338. The Balaban J connectivity index is 1.76. The first-order chi connectivity index (χ1) is 8.83. The Bertz CT molecular complexity index is 529. The maximum absolute atomic E-state index is 5.61. The number of rotatable bonds is 2. The lowest BCUT2D eigenvalue weighted by molar-refractivity contribution is 0.741. The van der Waals surface area contributed by atoms with Gasteiger partial charge < -0.3 is 10.6 Å². The predicted octanol–water partition coefficient (Wildman–Crippen LogP) is 0.843. The van der Waals surface area contributed by atoms with Gasteiger partial charge in [-0.3, -0.25) is 4.98 Å². The summed E-state index contributed by atoms with van der Waals surface area (Å²) in [7, 11) is 0. The summed E-state index contributed by atoms with van der Waals surface area (Å²) in [5, 5.41) is 0. The van der Waals surface area contributed by atoms with E-state index in [0.717, 1.165) is 31.0 Å². The molecule has 2 aromatic heterocycles. The molecular formula is C12H14N6. The Morgan fingerprint density at radius 3 is 2.94 bits per heavy atom. The Kier molecular flexibility index (Phi) is 2.76. The number of hydrogen-bond acceptors (Lipinski definition) is 6. The first-order valence-electron chi connectivity index (χ1n) is 5.92. The van der Waals surface area contributed by atoms with E-state index in [1.54, 1.807) is 24.8 Å². The van der Waals surface area contributed by atoms with E-state index in [2.05, 4.69) is 24.8 Å². The summed E-state index contributed by atoms with van der Waals surface area (Å²) < 4.78 is 0. The highest BCUT2D eigenvalue weighted by atomic mass is 15.2. The summed E-state index contributed by atoms with van der Waals surface area (Å²) >= 11 is 0. The maximum atomic E-state index is 5.61. The number of nitrogens with zero attached hydrogens (tertiary/aromatic N) is 5. The van der Waals surface area contributed by atoms with E-state index < -0.39 is 0 Å². The number of nitrogen functional groups attached to an aromatic ring is 1. The largest absolute Gasteiger partial charge is 0.368 e. The lowest BCUT2D eigenvalue weighted by Crippen LogP contribution is -2.20. The predicted molar refractivity (Wildman–Crippen MR) is 68.0 cm³/mol. The van der Waals surface area contributed by atoms with Crippen molar-refractivity contribution in [2.45, 2.75) is 12.3 Å². The molecule has 0 amide bonds.